The molecule has 0 radical (unpaired) electrons. The van der Waals surface area contributed by atoms with Gasteiger partial charge in [-0.25, -0.2) is 4.79 Å². The number of amides is 1. The van der Waals surface area contributed by atoms with Crippen molar-refractivity contribution in [2.75, 3.05) is 36.4 Å². The fraction of sp³-hybridized carbons (Fsp3) is 0.346. The summed E-state index contributed by atoms with van der Waals surface area (Å²) in [6, 6.07) is 12.9. The van der Waals surface area contributed by atoms with Crippen LogP contribution in [0.2, 0.25) is 0 Å². The number of aromatic nitrogens is 1. The number of ether oxygens (including phenoxy) is 1. The fourth-order valence-electron chi connectivity index (χ4n) is 3.86. The number of carboxylic acids is 1. The third-order valence-electron chi connectivity index (χ3n) is 5.90. The number of alkyl halides is 3. The van der Waals surface area contributed by atoms with E-state index in [0.717, 1.165) is 50.4 Å². The first-order chi connectivity index (χ1) is 18.5. The molecule has 2 aliphatic rings. The monoisotopic (exact) mass is 548 g/mol. The molecule has 1 amide bonds. The summed E-state index contributed by atoms with van der Waals surface area (Å²) in [5, 5.41) is 28.6. The molecule has 0 atom stereocenters. The number of phenolic OH excluding ortho intramolecular Hbond substituents is 1. The molecule has 2 aromatic carbocycles. The minimum absolute atomic E-state index is 0.111. The number of phenols is 1. The third kappa shape index (κ3) is 7.19. The van der Waals surface area contributed by atoms with E-state index in [0.29, 0.717) is 28.3 Å². The van der Waals surface area contributed by atoms with Crippen molar-refractivity contribution in [2.24, 2.45) is 0 Å². The average molecular weight is 549 g/mol. The lowest BCUT2D eigenvalue weighted by Crippen LogP contribution is -2.43. The van der Waals surface area contributed by atoms with Gasteiger partial charge in [0.2, 0.25) is 5.91 Å². The number of nitrogens with zero attached hydrogens (tertiary/aromatic N) is 2. The Labute approximate surface area is 221 Å². The summed E-state index contributed by atoms with van der Waals surface area (Å²) in [5.41, 5.74) is 2.64. The van der Waals surface area contributed by atoms with Crippen LogP contribution in [0.4, 0.5) is 24.7 Å². The molecule has 1 aliphatic carbocycles. The molecule has 1 saturated carbocycles. The molecule has 0 bridgehead atoms. The molecule has 1 aromatic heterocycles. The quantitative estimate of drug-likeness (QED) is 0.356. The Hall–Kier alpha value is -4.26. The van der Waals surface area contributed by atoms with Gasteiger partial charge >= 0.3 is 12.1 Å². The highest BCUT2D eigenvalue weighted by Crippen LogP contribution is 2.42. The van der Waals surface area contributed by atoms with E-state index in [1.807, 2.05) is 36.4 Å². The number of carbonyl (C=O) groups excluding carboxylic acids is 1. The Morgan fingerprint density at radius 3 is 2.41 bits per heavy atom. The van der Waals surface area contributed by atoms with Gasteiger partial charge in [-0.15, -0.1) is 0 Å². The Balaban J connectivity index is 0.000000448. The van der Waals surface area contributed by atoms with Gasteiger partial charge < -0.3 is 35.0 Å². The molecule has 0 spiro atoms. The highest BCUT2D eigenvalue weighted by Gasteiger charge is 2.38. The van der Waals surface area contributed by atoms with Crippen LogP contribution >= 0.6 is 0 Å². The fourth-order valence-corrected chi connectivity index (χ4v) is 3.86. The zero-order chi connectivity index (χ0) is 28.2. The Bertz CT molecular complexity index is 1330. The molecule has 39 heavy (non-hydrogen) atoms. The number of carbonyl (C=O) groups is 2. The number of para-hydroxylation sites is 1. The molecular formula is C26H27F3N4O6. The number of anilines is 2. The van der Waals surface area contributed by atoms with E-state index in [1.165, 1.54) is 6.92 Å². The lowest BCUT2D eigenvalue weighted by atomic mass is 9.99. The smallest absolute Gasteiger partial charge is 0.490 e. The topological polar surface area (TPSA) is 137 Å². The van der Waals surface area contributed by atoms with Crippen molar-refractivity contribution in [3.05, 3.63) is 42.5 Å². The van der Waals surface area contributed by atoms with E-state index >= 15 is 0 Å². The molecule has 10 nitrogen and oxygen atoms in total. The summed E-state index contributed by atoms with van der Waals surface area (Å²) in [6.45, 7) is 5.01. The van der Waals surface area contributed by atoms with E-state index in [4.69, 9.17) is 19.2 Å². The SMILES string of the molecule is CC(=O)Nc1ccc(-c2cccc(-c3cc(N4CCNCC4)no3)c2O)cc1OC1CC1.O=C(O)C(F)(F)F. The van der Waals surface area contributed by atoms with E-state index in [1.54, 1.807) is 6.07 Å². The number of hydrogen-bond donors (Lipinski definition) is 4. The van der Waals surface area contributed by atoms with E-state index < -0.39 is 12.1 Å². The van der Waals surface area contributed by atoms with Gasteiger partial charge in [0.15, 0.2) is 11.6 Å². The molecule has 3 aromatic rings. The van der Waals surface area contributed by atoms with Crippen LogP contribution in [0.5, 0.6) is 11.5 Å². The van der Waals surface area contributed by atoms with Crippen molar-refractivity contribution in [3.8, 4) is 33.9 Å². The number of hydrogen-bond acceptors (Lipinski definition) is 8. The number of nitrogens with one attached hydrogen (secondary N) is 2. The van der Waals surface area contributed by atoms with E-state index in [-0.39, 0.29) is 17.8 Å². The highest BCUT2D eigenvalue weighted by atomic mass is 19.4. The lowest BCUT2D eigenvalue weighted by Gasteiger charge is -2.26. The minimum atomic E-state index is -5.08. The zero-order valence-electron chi connectivity index (χ0n) is 20.9. The van der Waals surface area contributed by atoms with Gasteiger partial charge in [-0.1, -0.05) is 23.4 Å². The molecule has 2 heterocycles. The van der Waals surface area contributed by atoms with Gasteiger partial charge in [0, 0.05) is 44.7 Å². The molecule has 2 fully saturated rings. The van der Waals surface area contributed by atoms with Crippen LogP contribution in [-0.4, -0.2) is 65.7 Å². The lowest BCUT2D eigenvalue weighted by molar-refractivity contribution is -0.192. The van der Waals surface area contributed by atoms with Gasteiger partial charge in [-0.2, -0.15) is 13.2 Å². The second-order valence-electron chi connectivity index (χ2n) is 9.00. The van der Waals surface area contributed by atoms with E-state index in [2.05, 4.69) is 20.7 Å². The van der Waals surface area contributed by atoms with Crippen LogP contribution in [0.15, 0.2) is 47.0 Å². The van der Waals surface area contributed by atoms with Crippen LogP contribution in [-0.2, 0) is 9.59 Å². The molecule has 4 N–H and O–H groups in total. The molecule has 5 rings (SSSR count). The van der Waals surface area contributed by atoms with Crippen LogP contribution < -0.4 is 20.3 Å². The summed E-state index contributed by atoms with van der Waals surface area (Å²) in [5.74, 6) is -0.916. The van der Waals surface area contributed by atoms with Crippen LogP contribution in [0.1, 0.15) is 19.8 Å². The number of benzene rings is 2. The first kappa shape index (κ1) is 27.8. The third-order valence-corrected chi connectivity index (χ3v) is 5.90. The molecule has 1 aliphatic heterocycles. The van der Waals surface area contributed by atoms with Gasteiger partial charge in [-0.05, 0) is 36.6 Å². The normalized spacial score (nSPS) is 15.2. The highest BCUT2D eigenvalue weighted by molar-refractivity contribution is 5.91. The van der Waals surface area contributed by atoms with Gasteiger partial charge in [0.1, 0.15) is 11.5 Å². The average Bonchev–Trinajstić information content (AvgIpc) is 3.57. The Morgan fingerprint density at radius 2 is 1.79 bits per heavy atom. The first-order valence-electron chi connectivity index (χ1n) is 12.2. The van der Waals surface area contributed by atoms with Crippen LogP contribution in [0.3, 0.4) is 0 Å². The summed E-state index contributed by atoms with van der Waals surface area (Å²) in [4.78, 5) is 22.6. The van der Waals surface area contributed by atoms with Gasteiger partial charge in [0.05, 0.1) is 17.4 Å². The maximum atomic E-state index is 11.6. The first-order valence-corrected chi connectivity index (χ1v) is 12.2. The molecule has 0 unspecified atom stereocenters. The molecular weight excluding hydrogens is 521 g/mol. The van der Waals surface area contributed by atoms with Crippen LogP contribution in [0, 0.1) is 0 Å². The predicted molar refractivity (Wildman–Crippen MR) is 136 cm³/mol. The number of rotatable bonds is 6. The number of halogens is 3. The summed E-state index contributed by atoms with van der Waals surface area (Å²) >= 11 is 0. The second-order valence-corrected chi connectivity index (χ2v) is 9.00. The number of carboxylic acid groups (broad SMARTS) is 1. The van der Waals surface area contributed by atoms with Gasteiger partial charge in [0.25, 0.3) is 0 Å². The maximum Gasteiger partial charge on any atom is 0.490 e. The van der Waals surface area contributed by atoms with Crippen molar-refractivity contribution < 1.29 is 42.2 Å². The minimum Gasteiger partial charge on any atom is -0.507 e. The van der Waals surface area contributed by atoms with Crippen molar-refractivity contribution >= 4 is 23.4 Å². The van der Waals surface area contributed by atoms with Crippen molar-refractivity contribution in [1.82, 2.24) is 10.5 Å². The maximum absolute atomic E-state index is 11.6. The van der Waals surface area contributed by atoms with Crippen molar-refractivity contribution in [2.45, 2.75) is 32.0 Å². The van der Waals surface area contributed by atoms with E-state index in [9.17, 15) is 23.1 Å². The predicted octanol–water partition coefficient (Wildman–Crippen LogP) is 4.26. The van der Waals surface area contributed by atoms with Crippen molar-refractivity contribution in [3.63, 3.8) is 0 Å². The second kappa shape index (κ2) is 11.6. The molecule has 208 valence electrons. The Morgan fingerprint density at radius 1 is 1.13 bits per heavy atom. The number of piperazine rings is 1. The molecule has 1 saturated heterocycles. The largest absolute Gasteiger partial charge is 0.507 e. The summed E-state index contributed by atoms with van der Waals surface area (Å²) in [6.07, 6.45) is -2.90. The zero-order valence-corrected chi connectivity index (χ0v) is 20.9. The van der Waals surface area contributed by atoms with Crippen molar-refractivity contribution in [1.29, 1.82) is 0 Å². The molecule has 13 heteroatoms. The van der Waals surface area contributed by atoms with Crippen LogP contribution in [0.25, 0.3) is 22.5 Å². The Kier molecular flexibility index (Phi) is 8.29. The number of aromatic hydroxyl groups is 1. The number of aliphatic carboxylic acids is 1. The van der Waals surface area contributed by atoms with Gasteiger partial charge in [-0.3, -0.25) is 4.79 Å². The summed E-state index contributed by atoms with van der Waals surface area (Å²) < 4.78 is 43.3. The summed E-state index contributed by atoms with van der Waals surface area (Å²) in [7, 11) is 0. The standard InChI is InChI=1S/C24H26N4O4.C2HF3O2/c1-15(29)26-20-8-5-16(13-22(20)31-17-6-7-17)18-3-2-4-19(24(18)30)21-14-23(27-32-21)28-11-9-25-10-12-28;3-2(4,5)1(6)7/h2-5,8,13-14,17,25,30H,6-7,9-12H2,1H3,(H,26,29);(H,6,7).